The van der Waals surface area contributed by atoms with Crippen molar-refractivity contribution in [1.82, 2.24) is 14.7 Å². The summed E-state index contributed by atoms with van der Waals surface area (Å²) in [5.74, 6) is 1.80. The molecule has 3 saturated heterocycles. The molecule has 2 bridgehead atoms. The van der Waals surface area contributed by atoms with E-state index in [2.05, 4.69) is 55.3 Å². The van der Waals surface area contributed by atoms with Crippen LogP contribution in [0.1, 0.15) is 50.8 Å². The molecule has 37 heavy (non-hydrogen) atoms. The molecule has 2 aromatic carbocycles. The van der Waals surface area contributed by atoms with E-state index in [1.807, 2.05) is 42.1 Å². The lowest BCUT2D eigenvalue weighted by atomic mass is 9.74. The Bertz CT molecular complexity index is 1240. The zero-order valence-electron chi connectivity index (χ0n) is 22.5. The molecule has 0 radical (unpaired) electrons. The molecule has 1 unspecified atom stereocenters. The van der Waals surface area contributed by atoms with Crippen LogP contribution in [0.15, 0.2) is 54.6 Å². The quantitative estimate of drug-likeness (QED) is 0.460. The van der Waals surface area contributed by atoms with Crippen molar-refractivity contribution in [2.24, 2.45) is 13.0 Å². The lowest BCUT2D eigenvalue weighted by molar-refractivity contribution is -0.00222. The van der Waals surface area contributed by atoms with E-state index in [0.29, 0.717) is 18.4 Å². The first kappa shape index (κ1) is 25.3. The summed E-state index contributed by atoms with van der Waals surface area (Å²) in [6, 6.07) is 18.5. The molecule has 4 heterocycles. The number of methoxy groups -OCH3 is 1. The van der Waals surface area contributed by atoms with Crippen LogP contribution in [0.4, 0.5) is 10.5 Å². The van der Waals surface area contributed by atoms with Crippen molar-refractivity contribution in [3.8, 4) is 17.0 Å². The molecular weight excluding hydrogens is 464 g/mol. The summed E-state index contributed by atoms with van der Waals surface area (Å²) >= 11 is 0. The Kier molecular flexibility index (Phi) is 6.99. The van der Waals surface area contributed by atoms with Gasteiger partial charge in [0.25, 0.3) is 0 Å². The molecule has 7 nitrogen and oxygen atoms in total. The average Bonchev–Trinajstić information content (AvgIpc) is 3.28. The standard InChI is InChI=1S/C30H38N4O3/c1-30(2,3)21-10-12-22(13-11-21)31-29(35)37-19-23-16-20-14-15-34(23)18-25(20)27-17-26(32-33(27)4)24-8-6-7-9-28(24)36-5/h6-13,17,20,23,25H,14-16,18-19H2,1-5H3,(H,31,35)/t20-,23-,25+/m1/s1. The van der Waals surface area contributed by atoms with E-state index in [1.54, 1.807) is 7.11 Å². The Morgan fingerprint density at radius 2 is 1.89 bits per heavy atom. The number of ether oxygens (including phenoxy) is 2. The predicted octanol–water partition coefficient (Wildman–Crippen LogP) is 5.82. The Hall–Kier alpha value is -3.32. The van der Waals surface area contributed by atoms with Crippen molar-refractivity contribution in [3.05, 3.63) is 65.9 Å². The SMILES string of the molecule is COc1ccccc1-c1cc([C@H]2CN3CC[C@@H]2C[C@@H]3COC(=O)Nc2ccc(C(C)(C)C)cc2)n(C)n1. The van der Waals surface area contributed by atoms with Gasteiger partial charge < -0.3 is 9.47 Å². The van der Waals surface area contributed by atoms with Gasteiger partial charge in [0.15, 0.2) is 0 Å². The molecule has 4 atom stereocenters. The summed E-state index contributed by atoms with van der Waals surface area (Å²) in [5.41, 5.74) is 5.28. The minimum Gasteiger partial charge on any atom is -0.496 e. The second kappa shape index (κ2) is 10.2. The van der Waals surface area contributed by atoms with E-state index in [1.165, 1.54) is 11.3 Å². The van der Waals surface area contributed by atoms with E-state index in [4.69, 9.17) is 14.6 Å². The fourth-order valence-electron chi connectivity index (χ4n) is 5.84. The molecule has 196 valence electrons. The third-order valence-electron chi connectivity index (χ3n) is 7.96. The van der Waals surface area contributed by atoms with Crippen molar-refractivity contribution in [2.45, 2.75) is 51.0 Å². The van der Waals surface area contributed by atoms with Crippen molar-refractivity contribution in [2.75, 3.05) is 32.1 Å². The monoisotopic (exact) mass is 502 g/mol. The molecule has 3 fully saturated rings. The van der Waals surface area contributed by atoms with Gasteiger partial charge in [-0.15, -0.1) is 0 Å². The molecule has 1 N–H and O–H groups in total. The summed E-state index contributed by atoms with van der Waals surface area (Å²) < 4.78 is 13.2. The first-order chi connectivity index (χ1) is 17.7. The highest BCUT2D eigenvalue weighted by Crippen LogP contribution is 2.43. The Balaban J connectivity index is 1.19. The van der Waals surface area contributed by atoms with Crippen LogP contribution < -0.4 is 10.1 Å². The average molecular weight is 503 g/mol. The second-order valence-electron chi connectivity index (χ2n) is 11.4. The van der Waals surface area contributed by atoms with Crippen LogP contribution in [0, 0.1) is 5.92 Å². The maximum absolute atomic E-state index is 12.5. The molecule has 0 spiro atoms. The van der Waals surface area contributed by atoms with Crippen molar-refractivity contribution < 1.29 is 14.3 Å². The van der Waals surface area contributed by atoms with Gasteiger partial charge in [0.05, 0.1) is 12.8 Å². The topological polar surface area (TPSA) is 68.6 Å². The highest BCUT2D eigenvalue weighted by atomic mass is 16.5. The van der Waals surface area contributed by atoms with Crippen molar-refractivity contribution >= 4 is 11.8 Å². The molecule has 3 aliphatic heterocycles. The minimum absolute atomic E-state index is 0.0805. The number of carbonyl (C=O) groups excluding carboxylic acids is 1. The normalized spacial score (nSPS) is 23.1. The Morgan fingerprint density at radius 1 is 1.14 bits per heavy atom. The maximum Gasteiger partial charge on any atom is 0.411 e. The summed E-state index contributed by atoms with van der Waals surface area (Å²) in [7, 11) is 3.73. The van der Waals surface area contributed by atoms with Gasteiger partial charge in [-0.2, -0.15) is 5.10 Å². The maximum atomic E-state index is 12.5. The van der Waals surface area contributed by atoms with E-state index < -0.39 is 6.09 Å². The molecule has 3 aliphatic rings. The number of benzene rings is 2. The third-order valence-corrected chi connectivity index (χ3v) is 7.96. The molecular formula is C30H38N4O3. The predicted molar refractivity (Wildman–Crippen MR) is 146 cm³/mol. The summed E-state index contributed by atoms with van der Waals surface area (Å²) in [4.78, 5) is 15.0. The number of fused-ring (bicyclic) bond motifs is 3. The number of anilines is 1. The van der Waals surface area contributed by atoms with Crippen LogP contribution >= 0.6 is 0 Å². The number of nitrogens with one attached hydrogen (secondary N) is 1. The van der Waals surface area contributed by atoms with Crippen molar-refractivity contribution in [3.63, 3.8) is 0 Å². The summed E-state index contributed by atoms with van der Waals surface area (Å²) in [6.45, 7) is 8.94. The summed E-state index contributed by atoms with van der Waals surface area (Å²) in [5, 5.41) is 7.70. The van der Waals surface area contributed by atoms with Gasteiger partial charge in [0, 0.05) is 42.5 Å². The van der Waals surface area contributed by atoms with Crippen molar-refractivity contribution in [1.29, 1.82) is 0 Å². The van der Waals surface area contributed by atoms with Crippen LogP contribution in [0.25, 0.3) is 11.3 Å². The fraction of sp³-hybridized carbons (Fsp3) is 0.467. The molecule has 0 saturated carbocycles. The molecule has 3 aromatic rings. The number of nitrogens with zero attached hydrogens (tertiary/aromatic N) is 3. The number of piperidine rings is 3. The van der Waals surface area contributed by atoms with Gasteiger partial charge in [0.1, 0.15) is 12.4 Å². The molecule has 7 heteroatoms. The number of aromatic nitrogens is 2. The fourth-order valence-corrected chi connectivity index (χ4v) is 5.84. The second-order valence-corrected chi connectivity index (χ2v) is 11.4. The Labute approximate surface area is 219 Å². The smallest absolute Gasteiger partial charge is 0.411 e. The van der Waals surface area contributed by atoms with Crippen LogP contribution in [0.5, 0.6) is 5.75 Å². The first-order valence-corrected chi connectivity index (χ1v) is 13.2. The lowest BCUT2D eigenvalue weighted by Gasteiger charge is -2.49. The van der Waals surface area contributed by atoms with Gasteiger partial charge in [-0.05, 0) is 66.6 Å². The van der Waals surface area contributed by atoms with Crippen LogP contribution in [-0.2, 0) is 17.2 Å². The van der Waals surface area contributed by atoms with Gasteiger partial charge in [-0.25, -0.2) is 4.79 Å². The lowest BCUT2D eigenvalue weighted by Crippen LogP contribution is -2.54. The zero-order chi connectivity index (χ0) is 26.2. The van der Waals surface area contributed by atoms with Gasteiger partial charge in [-0.3, -0.25) is 14.9 Å². The summed E-state index contributed by atoms with van der Waals surface area (Å²) in [6.07, 6.45) is 1.78. The molecule has 0 aliphatic carbocycles. The van der Waals surface area contributed by atoms with E-state index in [-0.39, 0.29) is 11.5 Å². The van der Waals surface area contributed by atoms with E-state index >= 15 is 0 Å². The van der Waals surface area contributed by atoms with E-state index in [0.717, 1.165) is 48.6 Å². The van der Waals surface area contributed by atoms with E-state index in [9.17, 15) is 4.79 Å². The van der Waals surface area contributed by atoms with Gasteiger partial charge >= 0.3 is 6.09 Å². The number of rotatable bonds is 6. The zero-order valence-corrected chi connectivity index (χ0v) is 22.5. The van der Waals surface area contributed by atoms with Crippen LogP contribution in [0.3, 0.4) is 0 Å². The molecule has 1 aromatic heterocycles. The molecule has 6 rings (SSSR count). The Morgan fingerprint density at radius 3 is 2.57 bits per heavy atom. The largest absolute Gasteiger partial charge is 0.496 e. The number of hydrogen-bond donors (Lipinski definition) is 1. The highest BCUT2D eigenvalue weighted by molar-refractivity contribution is 5.84. The number of aryl methyl sites for hydroxylation is 1. The number of para-hydroxylation sites is 1. The van der Waals surface area contributed by atoms with Gasteiger partial charge in [-0.1, -0.05) is 45.0 Å². The minimum atomic E-state index is -0.393. The number of amides is 1. The van der Waals surface area contributed by atoms with Crippen LogP contribution in [0.2, 0.25) is 0 Å². The van der Waals surface area contributed by atoms with Crippen LogP contribution in [-0.4, -0.2) is 53.6 Å². The molecule has 1 amide bonds. The number of carbonyl (C=O) groups is 1. The first-order valence-electron chi connectivity index (χ1n) is 13.2. The van der Waals surface area contributed by atoms with Gasteiger partial charge in [0.2, 0.25) is 0 Å². The number of hydrogen-bond acceptors (Lipinski definition) is 5. The third kappa shape index (κ3) is 5.37. The highest BCUT2D eigenvalue weighted by Gasteiger charge is 2.42.